The lowest BCUT2D eigenvalue weighted by Gasteiger charge is -2.47. The van der Waals surface area contributed by atoms with Crippen LogP contribution in [0.25, 0.3) is 0 Å². The van der Waals surface area contributed by atoms with Gasteiger partial charge in [-0.3, -0.25) is 0 Å². The molecule has 1 fully saturated rings. The molecule has 4 aromatic rings. The number of nitrogens with zero attached hydrogens (tertiary/aromatic N) is 3. The third kappa shape index (κ3) is 5.82. The van der Waals surface area contributed by atoms with Gasteiger partial charge in [-0.25, -0.2) is 18.1 Å². The molecule has 6 rings (SSSR count). The van der Waals surface area contributed by atoms with Gasteiger partial charge in [-0.2, -0.15) is 0 Å². The van der Waals surface area contributed by atoms with Crippen molar-refractivity contribution in [2.75, 3.05) is 22.9 Å². The molecule has 8 nitrogen and oxygen atoms in total. The molecule has 3 heterocycles. The number of thiazole rings is 1. The number of hydrogen-bond acceptors (Lipinski definition) is 8. The van der Waals surface area contributed by atoms with E-state index in [-0.39, 0.29) is 11.4 Å². The van der Waals surface area contributed by atoms with E-state index in [4.69, 9.17) is 0 Å². The van der Waals surface area contributed by atoms with Crippen LogP contribution in [0.2, 0.25) is 0 Å². The molecule has 1 aromatic heterocycles. The van der Waals surface area contributed by atoms with Crippen molar-refractivity contribution in [3.8, 4) is 5.75 Å². The van der Waals surface area contributed by atoms with E-state index in [1.165, 1.54) is 11.3 Å². The molecule has 2 aliphatic heterocycles. The maximum atomic E-state index is 13.4. The Kier molecular flexibility index (Phi) is 7.60. The summed E-state index contributed by atoms with van der Waals surface area (Å²) in [5.74, 6) is -0.535. The number of fused-ring (bicyclic) bond motifs is 2. The van der Waals surface area contributed by atoms with Gasteiger partial charge in [-0.1, -0.05) is 36.4 Å². The lowest BCUT2D eigenvalue weighted by molar-refractivity contribution is -0.274. The summed E-state index contributed by atoms with van der Waals surface area (Å²) < 4.78 is 71.1. The summed E-state index contributed by atoms with van der Waals surface area (Å²) >= 11 is 1.41. The Morgan fingerprint density at radius 2 is 1.55 bits per heavy atom. The van der Waals surface area contributed by atoms with Crippen molar-refractivity contribution < 1.29 is 31.4 Å². The van der Waals surface area contributed by atoms with Crippen molar-refractivity contribution in [1.29, 1.82) is 0 Å². The van der Waals surface area contributed by atoms with E-state index < -0.39 is 40.3 Å². The number of aromatic nitrogens is 1. The van der Waals surface area contributed by atoms with Crippen LogP contribution < -0.4 is 19.3 Å². The third-order valence-electron chi connectivity index (χ3n) is 7.49. The molecule has 13 heteroatoms. The van der Waals surface area contributed by atoms with Crippen LogP contribution in [0.5, 0.6) is 5.75 Å². The summed E-state index contributed by atoms with van der Waals surface area (Å²) in [6, 6.07) is 18.4. The molecule has 1 saturated heterocycles. The summed E-state index contributed by atoms with van der Waals surface area (Å²) in [6.45, 7) is 0.510. The van der Waals surface area contributed by atoms with Crippen molar-refractivity contribution in [1.82, 2.24) is 9.71 Å². The van der Waals surface area contributed by atoms with Crippen molar-refractivity contribution in [2.24, 2.45) is 0 Å². The van der Waals surface area contributed by atoms with E-state index in [9.17, 15) is 26.7 Å². The molecule has 3 atom stereocenters. The lowest BCUT2D eigenvalue weighted by Crippen LogP contribution is -2.65. The van der Waals surface area contributed by atoms with Crippen LogP contribution in [-0.2, 0) is 22.9 Å². The summed E-state index contributed by atoms with van der Waals surface area (Å²) in [6.07, 6.45) is -2.76. The number of para-hydroxylation sites is 2. The van der Waals surface area contributed by atoms with Crippen molar-refractivity contribution in [3.63, 3.8) is 0 Å². The van der Waals surface area contributed by atoms with Crippen LogP contribution in [0, 0.1) is 0 Å². The molecule has 0 aliphatic carbocycles. The highest BCUT2D eigenvalue weighted by molar-refractivity contribution is 7.89. The van der Waals surface area contributed by atoms with Gasteiger partial charge in [0.1, 0.15) is 5.75 Å². The highest BCUT2D eigenvalue weighted by Crippen LogP contribution is 2.40. The fourth-order valence-corrected chi connectivity index (χ4v) is 7.56. The van der Waals surface area contributed by atoms with E-state index in [1.54, 1.807) is 6.20 Å². The third-order valence-corrected chi connectivity index (χ3v) is 9.83. The fraction of sp³-hybridized carbons (Fsp3) is 0.276. The van der Waals surface area contributed by atoms with Gasteiger partial charge >= 0.3 is 6.36 Å². The van der Waals surface area contributed by atoms with E-state index in [0.29, 0.717) is 11.7 Å². The predicted octanol–water partition coefficient (Wildman–Crippen LogP) is 4.88. The quantitative estimate of drug-likeness (QED) is 0.319. The van der Waals surface area contributed by atoms with Gasteiger partial charge in [0.2, 0.25) is 10.0 Å². The summed E-state index contributed by atoms with van der Waals surface area (Å²) in [5, 5.41) is 14.4. The Labute approximate surface area is 245 Å². The maximum Gasteiger partial charge on any atom is 0.573 e. The van der Waals surface area contributed by atoms with E-state index >= 15 is 0 Å². The molecule has 0 spiro atoms. The average molecular weight is 617 g/mol. The lowest BCUT2D eigenvalue weighted by atomic mass is 9.94. The number of aryl methyl sites for hydroxylation is 2. The van der Waals surface area contributed by atoms with Gasteiger partial charge in [0.15, 0.2) is 5.13 Å². The minimum absolute atomic E-state index is 0.136. The number of rotatable bonds is 6. The second-order valence-corrected chi connectivity index (χ2v) is 12.7. The Bertz CT molecular complexity index is 1600. The highest BCUT2D eigenvalue weighted by Gasteiger charge is 2.43. The molecule has 0 radical (unpaired) electrons. The first-order valence-corrected chi connectivity index (χ1v) is 15.6. The monoisotopic (exact) mass is 616 g/mol. The van der Waals surface area contributed by atoms with Gasteiger partial charge in [-0.05, 0) is 60.4 Å². The number of alkyl halides is 3. The second-order valence-electron chi connectivity index (χ2n) is 10.2. The van der Waals surface area contributed by atoms with Crippen LogP contribution in [-0.4, -0.2) is 56.1 Å². The van der Waals surface area contributed by atoms with E-state index in [2.05, 4.69) is 31.5 Å². The van der Waals surface area contributed by atoms with Crippen LogP contribution in [0.4, 0.5) is 29.7 Å². The van der Waals surface area contributed by atoms with Crippen LogP contribution in [0.15, 0.2) is 89.3 Å². The number of anilines is 3. The number of halogens is 3. The number of aliphatic hydroxyl groups excluding tert-OH is 1. The van der Waals surface area contributed by atoms with Crippen molar-refractivity contribution >= 4 is 37.9 Å². The zero-order valence-electron chi connectivity index (χ0n) is 22.1. The summed E-state index contributed by atoms with van der Waals surface area (Å²) in [7, 11) is -4.24. The molecule has 2 aliphatic rings. The number of piperidine rings is 1. The normalized spacial score (nSPS) is 20.9. The molecule has 42 heavy (non-hydrogen) atoms. The molecule has 0 unspecified atom stereocenters. The zero-order chi connectivity index (χ0) is 29.5. The number of benzene rings is 3. The fourth-order valence-electron chi connectivity index (χ4n) is 5.65. The molecular formula is C29H27F3N4O4S2. The average Bonchev–Trinajstić information content (AvgIpc) is 3.44. The van der Waals surface area contributed by atoms with Crippen LogP contribution in [0.3, 0.4) is 0 Å². The zero-order valence-corrected chi connectivity index (χ0v) is 23.7. The molecule has 2 N–H and O–H groups in total. The second kappa shape index (κ2) is 11.2. The van der Waals surface area contributed by atoms with E-state index in [1.807, 2.05) is 46.7 Å². The van der Waals surface area contributed by atoms with Gasteiger partial charge in [0, 0.05) is 36.0 Å². The van der Waals surface area contributed by atoms with Crippen LogP contribution in [0.1, 0.15) is 11.1 Å². The SMILES string of the molecule is O=S(=O)(N[C@@H]1CN(c2nccs2)C[C@H](N2c3ccccc3CCc3ccccc32)[C@H]1O)c1ccc(OC(F)(F)F)cc1. The largest absolute Gasteiger partial charge is 0.573 e. The number of aliphatic hydroxyl groups is 1. The molecule has 0 bridgehead atoms. The first-order chi connectivity index (χ1) is 20.1. The maximum absolute atomic E-state index is 13.4. The topological polar surface area (TPSA) is 95.0 Å². The van der Waals surface area contributed by atoms with Gasteiger partial charge in [0.05, 0.1) is 23.1 Å². The molecule has 3 aromatic carbocycles. The minimum Gasteiger partial charge on any atom is -0.406 e. The number of sulfonamides is 1. The molecule has 0 amide bonds. The van der Waals surface area contributed by atoms with Crippen molar-refractivity contribution in [2.45, 2.75) is 42.3 Å². The Morgan fingerprint density at radius 3 is 2.12 bits per heavy atom. The van der Waals surface area contributed by atoms with Gasteiger partial charge in [0.25, 0.3) is 0 Å². The van der Waals surface area contributed by atoms with Gasteiger partial charge < -0.3 is 19.6 Å². The summed E-state index contributed by atoms with van der Waals surface area (Å²) in [5.41, 5.74) is 4.11. The number of ether oxygens (including phenoxy) is 1. The van der Waals surface area contributed by atoms with E-state index in [0.717, 1.165) is 59.6 Å². The van der Waals surface area contributed by atoms with Crippen molar-refractivity contribution in [3.05, 3.63) is 95.5 Å². The Balaban J connectivity index is 1.36. The standard InChI is InChI=1S/C29H27F3N4O4S2/c30-29(31,32)40-21-11-13-22(14-12-21)42(38,39)34-23-17-35(28-33-15-16-41-28)18-26(27(23)37)36-24-7-3-1-5-19(24)9-10-20-6-2-4-8-25(20)36/h1-8,11-16,23,26-27,34,37H,9-10,17-18H2/t23-,26+,27+/m1/s1. The van der Waals surface area contributed by atoms with Gasteiger partial charge in [-0.15, -0.1) is 24.5 Å². The molecular weight excluding hydrogens is 589 g/mol. The number of nitrogens with one attached hydrogen (secondary N) is 1. The predicted molar refractivity (Wildman–Crippen MR) is 154 cm³/mol. The number of hydrogen-bond donors (Lipinski definition) is 2. The Morgan fingerprint density at radius 1 is 0.929 bits per heavy atom. The van der Waals surface area contributed by atoms with Crippen LogP contribution >= 0.6 is 11.3 Å². The highest BCUT2D eigenvalue weighted by atomic mass is 32.2. The molecule has 220 valence electrons. The first kappa shape index (κ1) is 28.5. The summed E-state index contributed by atoms with van der Waals surface area (Å²) in [4.78, 5) is 8.24. The Hall–Kier alpha value is -3.65. The first-order valence-electron chi connectivity index (χ1n) is 13.2. The molecule has 0 saturated carbocycles. The minimum atomic E-state index is -4.90. The smallest absolute Gasteiger partial charge is 0.406 e.